The molecule has 188 valence electrons. The maximum absolute atomic E-state index is 10.1. The lowest BCUT2D eigenvalue weighted by Gasteiger charge is -2.26. The van der Waals surface area contributed by atoms with Crippen molar-refractivity contribution in [3.63, 3.8) is 0 Å². The maximum atomic E-state index is 10.1. The zero-order chi connectivity index (χ0) is 25.1. The smallest absolute Gasteiger partial charge is 0.161 e. The van der Waals surface area contributed by atoms with Crippen LogP contribution in [0, 0.1) is 6.92 Å². The number of nitrogens with zero attached hydrogens (tertiary/aromatic N) is 2. The van der Waals surface area contributed by atoms with Crippen LogP contribution in [0.2, 0.25) is 0 Å². The van der Waals surface area contributed by atoms with Gasteiger partial charge in [-0.05, 0) is 92.5 Å². The van der Waals surface area contributed by atoms with Crippen LogP contribution in [0.3, 0.4) is 0 Å². The maximum Gasteiger partial charge on any atom is 0.161 e. The lowest BCUT2D eigenvalue weighted by molar-refractivity contribution is 0.183. The number of aromatic nitrogens is 1. The molecule has 6 heteroatoms. The zero-order valence-electron chi connectivity index (χ0n) is 21.0. The Morgan fingerprint density at radius 2 is 1.67 bits per heavy atom. The summed E-state index contributed by atoms with van der Waals surface area (Å²) < 4.78 is 13.6. The summed E-state index contributed by atoms with van der Waals surface area (Å²) in [7, 11) is 1.55. The first-order valence-corrected chi connectivity index (χ1v) is 12.7. The molecular formula is C30H34N2O4. The third-order valence-electron chi connectivity index (χ3n) is 7.14. The van der Waals surface area contributed by atoms with Gasteiger partial charge in [-0.15, -0.1) is 0 Å². The Morgan fingerprint density at radius 1 is 0.889 bits per heavy atom. The van der Waals surface area contributed by atoms with Crippen LogP contribution in [0.25, 0.3) is 22.2 Å². The van der Waals surface area contributed by atoms with Gasteiger partial charge in [-0.25, -0.2) is 0 Å². The second-order valence-electron chi connectivity index (χ2n) is 9.54. The van der Waals surface area contributed by atoms with Crippen LogP contribution in [0.1, 0.15) is 30.4 Å². The van der Waals surface area contributed by atoms with Crippen molar-refractivity contribution in [3.8, 4) is 34.3 Å². The van der Waals surface area contributed by atoms with Crippen LogP contribution >= 0.6 is 0 Å². The molecule has 0 atom stereocenters. The minimum Gasteiger partial charge on any atom is -0.508 e. The van der Waals surface area contributed by atoms with Gasteiger partial charge < -0.3 is 24.3 Å². The molecule has 5 rings (SSSR count). The molecule has 0 bridgehead atoms. The second kappa shape index (κ2) is 10.5. The summed E-state index contributed by atoms with van der Waals surface area (Å²) in [6.45, 7) is 6.76. The van der Waals surface area contributed by atoms with Crippen molar-refractivity contribution in [1.82, 2.24) is 9.47 Å². The topological polar surface area (TPSA) is 67.1 Å². The fraction of sp³-hybridized carbons (Fsp3) is 0.333. The number of hydrogen-bond acceptors (Lipinski definition) is 5. The largest absolute Gasteiger partial charge is 0.508 e. The summed E-state index contributed by atoms with van der Waals surface area (Å²) in [4.78, 5) is 2.48. The molecule has 1 aliphatic rings. The Balaban J connectivity index is 1.41. The Labute approximate surface area is 212 Å². The third-order valence-corrected chi connectivity index (χ3v) is 7.14. The average Bonchev–Trinajstić information content (AvgIpc) is 3.16. The van der Waals surface area contributed by atoms with Crippen LogP contribution in [-0.4, -0.2) is 53.0 Å². The highest BCUT2D eigenvalue weighted by Crippen LogP contribution is 2.38. The summed E-state index contributed by atoms with van der Waals surface area (Å²) in [5.41, 5.74) is 5.21. The standard InChI is InChI=1S/C30H34N2O4/c1-21-26-19-24(33)9-12-27(26)32(30(21)23-8-13-28(34)29(18-23)35-2)20-22-6-10-25(11-7-22)36-17-16-31-14-4-3-5-15-31/h6-13,18-19,33-34H,3-5,14-17,20H2,1-2H3. The number of aromatic hydroxyl groups is 2. The molecule has 36 heavy (non-hydrogen) atoms. The van der Waals surface area contributed by atoms with E-state index in [4.69, 9.17) is 9.47 Å². The van der Waals surface area contributed by atoms with Crippen LogP contribution in [0.15, 0.2) is 60.7 Å². The summed E-state index contributed by atoms with van der Waals surface area (Å²) in [5.74, 6) is 1.66. The predicted molar refractivity (Wildman–Crippen MR) is 143 cm³/mol. The Hall–Kier alpha value is -3.64. The molecule has 2 heterocycles. The molecule has 0 saturated carbocycles. The minimum atomic E-state index is 0.107. The third kappa shape index (κ3) is 5.00. The molecule has 4 aromatic rings. The number of likely N-dealkylation sites (tertiary alicyclic amines) is 1. The van der Waals surface area contributed by atoms with E-state index < -0.39 is 0 Å². The van der Waals surface area contributed by atoms with E-state index in [-0.39, 0.29) is 11.5 Å². The molecule has 6 nitrogen and oxygen atoms in total. The molecule has 0 aliphatic carbocycles. The van der Waals surface area contributed by atoms with Gasteiger partial charge in [0.05, 0.1) is 12.8 Å². The Kier molecular flexibility index (Phi) is 7.05. The quantitative estimate of drug-likeness (QED) is 0.322. The fourth-order valence-electron chi connectivity index (χ4n) is 5.22. The van der Waals surface area contributed by atoms with E-state index in [0.717, 1.165) is 45.6 Å². The lowest BCUT2D eigenvalue weighted by atomic mass is 10.1. The van der Waals surface area contributed by atoms with Crippen molar-refractivity contribution < 1.29 is 19.7 Å². The van der Waals surface area contributed by atoms with Crippen molar-refractivity contribution in [2.75, 3.05) is 33.4 Å². The first-order valence-electron chi connectivity index (χ1n) is 12.7. The summed E-state index contributed by atoms with van der Waals surface area (Å²) in [6.07, 6.45) is 3.93. The molecular weight excluding hydrogens is 452 g/mol. The van der Waals surface area contributed by atoms with Crippen LogP contribution in [0.4, 0.5) is 0 Å². The first kappa shape index (κ1) is 24.1. The van der Waals surface area contributed by atoms with Gasteiger partial charge in [-0.1, -0.05) is 18.6 Å². The monoisotopic (exact) mass is 486 g/mol. The molecule has 1 saturated heterocycles. The highest BCUT2D eigenvalue weighted by molar-refractivity contribution is 5.93. The molecule has 2 N–H and O–H groups in total. The van der Waals surface area contributed by atoms with Crippen molar-refractivity contribution in [2.45, 2.75) is 32.7 Å². The van der Waals surface area contributed by atoms with Gasteiger partial charge in [-0.3, -0.25) is 4.90 Å². The van der Waals surface area contributed by atoms with Crippen molar-refractivity contribution in [3.05, 3.63) is 71.8 Å². The van der Waals surface area contributed by atoms with Gasteiger partial charge >= 0.3 is 0 Å². The zero-order valence-corrected chi connectivity index (χ0v) is 21.0. The van der Waals surface area contributed by atoms with Gasteiger partial charge in [0.15, 0.2) is 11.5 Å². The molecule has 1 aliphatic heterocycles. The van der Waals surface area contributed by atoms with Gasteiger partial charge in [0.2, 0.25) is 0 Å². The van der Waals surface area contributed by atoms with Gasteiger partial charge in [0.25, 0.3) is 0 Å². The van der Waals surface area contributed by atoms with Crippen LogP contribution < -0.4 is 9.47 Å². The number of rotatable bonds is 8. The number of ether oxygens (including phenoxy) is 2. The second-order valence-corrected chi connectivity index (χ2v) is 9.54. The molecule has 0 unspecified atom stereocenters. The van der Waals surface area contributed by atoms with Crippen molar-refractivity contribution >= 4 is 10.9 Å². The highest BCUT2D eigenvalue weighted by atomic mass is 16.5. The fourth-order valence-corrected chi connectivity index (χ4v) is 5.22. The van der Waals surface area contributed by atoms with E-state index in [2.05, 4.69) is 28.5 Å². The molecule has 0 spiro atoms. The van der Waals surface area contributed by atoms with E-state index >= 15 is 0 Å². The molecule has 0 amide bonds. The molecule has 3 aromatic carbocycles. The number of aryl methyl sites for hydroxylation is 1. The number of fused-ring (bicyclic) bond motifs is 1. The molecule has 1 fully saturated rings. The SMILES string of the molecule is COc1cc(-c2c(C)c3cc(O)ccc3n2Cc2ccc(OCCN3CCCCC3)cc2)ccc1O. The van der Waals surface area contributed by atoms with Crippen molar-refractivity contribution in [2.24, 2.45) is 0 Å². The number of benzene rings is 3. The van der Waals surface area contributed by atoms with Crippen LogP contribution in [-0.2, 0) is 6.54 Å². The number of phenols is 2. The number of hydrogen-bond donors (Lipinski definition) is 2. The summed E-state index contributed by atoms with van der Waals surface area (Å²) in [6, 6.07) is 19.2. The highest BCUT2D eigenvalue weighted by Gasteiger charge is 2.18. The normalized spacial score (nSPS) is 14.3. The van der Waals surface area contributed by atoms with Gasteiger partial charge in [-0.2, -0.15) is 0 Å². The first-order chi connectivity index (χ1) is 17.5. The van der Waals surface area contributed by atoms with Gasteiger partial charge in [0, 0.05) is 29.6 Å². The van der Waals surface area contributed by atoms with Crippen molar-refractivity contribution in [1.29, 1.82) is 0 Å². The summed E-state index contributed by atoms with van der Waals surface area (Å²) in [5, 5.41) is 21.2. The summed E-state index contributed by atoms with van der Waals surface area (Å²) >= 11 is 0. The van der Waals surface area contributed by atoms with E-state index in [9.17, 15) is 10.2 Å². The van der Waals surface area contributed by atoms with Gasteiger partial charge in [0.1, 0.15) is 18.1 Å². The predicted octanol–water partition coefficient (Wildman–Crippen LogP) is 5.95. The minimum absolute atomic E-state index is 0.107. The molecule has 1 aromatic heterocycles. The van der Waals surface area contributed by atoms with E-state index in [1.54, 1.807) is 19.2 Å². The lowest BCUT2D eigenvalue weighted by Crippen LogP contribution is -2.33. The molecule has 0 radical (unpaired) electrons. The van der Waals surface area contributed by atoms with E-state index in [1.807, 2.05) is 36.4 Å². The van der Waals surface area contributed by atoms with E-state index in [1.165, 1.54) is 32.4 Å². The average molecular weight is 487 g/mol. The van der Waals surface area contributed by atoms with Crippen LogP contribution in [0.5, 0.6) is 23.0 Å². The van der Waals surface area contributed by atoms with E-state index in [0.29, 0.717) is 18.9 Å². The number of phenolic OH excluding ortho intramolecular Hbond substituents is 2. The Bertz CT molecular complexity index is 1340. The number of piperidine rings is 1. The Morgan fingerprint density at radius 3 is 2.42 bits per heavy atom. The number of methoxy groups -OCH3 is 1.